The number of hydrogen-bond donors (Lipinski definition) is 1. The number of ether oxygens (including phenoxy) is 1. The zero-order valence-electron chi connectivity index (χ0n) is 13.4. The molecular formula is C18H28N2O. The summed E-state index contributed by atoms with van der Waals surface area (Å²) >= 11 is 0. The van der Waals surface area contributed by atoms with Crippen molar-refractivity contribution in [2.75, 3.05) is 20.2 Å². The lowest BCUT2D eigenvalue weighted by molar-refractivity contribution is 0.176. The molecule has 1 saturated carbocycles. The van der Waals surface area contributed by atoms with E-state index in [0.29, 0.717) is 0 Å². The summed E-state index contributed by atoms with van der Waals surface area (Å²) in [6.45, 7) is 6.80. The molecule has 1 aromatic carbocycles. The van der Waals surface area contributed by atoms with Gasteiger partial charge in [0.2, 0.25) is 0 Å². The first-order chi connectivity index (χ1) is 10.2. The van der Waals surface area contributed by atoms with Crippen LogP contribution in [-0.2, 0) is 13.1 Å². The average Bonchev–Trinajstić information content (AvgIpc) is 3.30. The highest BCUT2D eigenvalue weighted by Crippen LogP contribution is 2.25. The summed E-state index contributed by atoms with van der Waals surface area (Å²) < 4.78 is 5.59. The van der Waals surface area contributed by atoms with Crippen LogP contribution in [0.1, 0.15) is 43.7 Å². The van der Waals surface area contributed by atoms with Crippen LogP contribution in [0.15, 0.2) is 18.2 Å². The molecule has 116 valence electrons. The van der Waals surface area contributed by atoms with Gasteiger partial charge in [-0.05, 0) is 49.8 Å². The normalized spacial score (nSPS) is 23.2. The van der Waals surface area contributed by atoms with Crippen LogP contribution in [0, 0.1) is 5.92 Å². The van der Waals surface area contributed by atoms with E-state index in [0.717, 1.165) is 30.8 Å². The van der Waals surface area contributed by atoms with Crippen LogP contribution in [0.4, 0.5) is 0 Å². The molecule has 3 heteroatoms. The van der Waals surface area contributed by atoms with Gasteiger partial charge in [-0.15, -0.1) is 0 Å². The standard InChI is InChI=1S/C18H28N2O/c1-14-4-3-9-20(12-14)13-15-5-6-16(18(10-15)21-2)11-19-17-7-8-17/h5-6,10,14,17,19H,3-4,7-9,11-13H2,1-2H3. The number of nitrogens with one attached hydrogen (secondary N) is 1. The molecule has 1 unspecified atom stereocenters. The van der Waals surface area contributed by atoms with E-state index in [1.54, 1.807) is 7.11 Å². The minimum absolute atomic E-state index is 0.740. The fraction of sp³-hybridized carbons (Fsp3) is 0.667. The minimum Gasteiger partial charge on any atom is -0.496 e. The Kier molecular flexibility index (Phi) is 4.81. The molecule has 1 heterocycles. The van der Waals surface area contributed by atoms with E-state index >= 15 is 0 Å². The summed E-state index contributed by atoms with van der Waals surface area (Å²) in [6.07, 6.45) is 5.37. The second-order valence-electron chi connectivity index (χ2n) is 6.78. The molecule has 0 radical (unpaired) electrons. The maximum Gasteiger partial charge on any atom is 0.123 e. The quantitative estimate of drug-likeness (QED) is 0.870. The Hall–Kier alpha value is -1.06. The number of methoxy groups -OCH3 is 1. The molecule has 3 nitrogen and oxygen atoms in total. The van der Waals surface area contributed by atoms with Crippen LogP contribution in [0.5, 0.6) is 5.75 Å². The average molecular weight is 288 g/mol. The SMILES string of the molecule is COc1cc(CN2CCCC(C)C2)ccc1CNC1CC1. The van der Waals surface area contributed by atoms with Crippen molar-refractivity contribution >= 4 is 0 Å². The second kappa shape index (κ2) is 6.80. The first-order valence-electron chi connectivity index (χ1n) is 8.36. The van der Waals surface area contributed by atoms with Crippen molar-refractivity contribution in [3.05, 3.63) is 29.3 Å². The Morgan fingerprint density at radius 1 is 1.29 bits per heavy atom. The molecular weight excluding hydrogens is 260 g/mol. The molecule has 1 aromatic rings. The van der Waals surface area contributed by atoms with E-state index in [4.69, 9.17) is 4.74 Å². The summed E-state index contributed by atoms with van der Waals surface area (Å²) in [5.74, 6) is 1.87. The zero-order chi connectivity index (χ0) is 14.7. The van der Waals surface area contributed by atoms with E-state index in [2.05, 4.69) is 35.3 Å². The van der Waals surface area contributed by atoms with Gasteiger partial charge in [-0.3, -0.25) is 4.90 Å². The van der Waals surface area contributed by atoms with Crippen molar-refractivity contribution in [2.45, 2.75) is 51.7 Å². The monoisotopic (exact) mass is 288 g/mol. The Balaban J connectivity index is 1.62. The van der Waals surface area contributed by atoms with Crippen LogP contribution >= 0.6 is 0 Å². The van der Waals surface area contributed by atoms with E-state index in [-0.39, 0.29) is 0 Å². The third-order valence-corrected chi connectivity index (χ3v) is 4.66. The predicted octanol–water partition coefficient (Wildman–Crippen LogP) is 3.18. The van der Waals surface area contributed by atoms with Crippen molar-refractivity contribution in [2.24, 2.45) is 5.92 Å². The molecule has 21 heavy (non-hydrogen) atoms. The Labute approximate surface area is 128 Å². The third kappa shape index (κ3) is 4.21. The van der Waals surface area contributed by atoms with E-state index in [9.17, 15) is 0 Å². The summed E-state index contributed by atoms with van der Waals surface area (Å²) in [6, 6.07) is 7.47. The lowest BCUT2D eigenvalue weighted by atomic mass is 9.99. The molecule has 1 atom stereocenters. The molecule has 0 aromatic heterocycles. The van der Waals surface area contributed by atoms with Gasteiger partial charge in [0.05, 0.1) is 7.11 Å². The molecule has 1 N–H and O–H groups in total. The largest absolute Gasteiger partial charge is 0.496 e. The predicted molar refractivity (Wildman–Crippen MR) is 86.5 cm³/mol. The third-order valence-electron chi connectivity index (χ3n) is 4.66. The minimum atomic E-state index is 0.740. The first kappa shape index (κ1) is 14.9. The molecule has 1 saturated heterocycles. The van der Waals surface area contributed by atoms with Gasteiger partial charge >= 0.3 is 0 Å². The number of piperidine rings is 1. The van der Waals surface area contributed by atoms with Crippen molar-refractivity contribution in [1.82, 2.24) is 10.2 Å². The number of rotatable bonds is 6. The van der Waals surface area contributed by atoms with Crippen LogP contribution in [0.2, 0.25) is 0 Å². The fourth-order valence-corrected chi connectivity index (χ4v) is 3.26. The van der Waals surface area contributed by atoms with Crippen LogP contribution < -0.4 is 10.1 Å². The Bertz CT molecular complexity index is 470. The summed E-state index contributed by atoms with van der Waals surface area (Å²) in [5, 5.41) is 3.56. The molecule has 1 aliphatic heterocycles. The number of benzene rings is 1. The molecule has 2 fully saturated rings. The molecule has 0 bridgehead atoms. The highest BCUT2D eigenvalue weighted by atomic mass is 16.5. The zero-order valence-corrected chi connectivity index (χ0v) is 13.4. The van der Waals surface area contributed by atoms with Gasteiger partial charge in [0.15, 0.2) is 0 Å². The van der Waals surface area contributed by atoms with Gasteiger partial charge in [-0.25, -0.2) is 0 Å². The van der Waals surface area contributed by atoms with E-state index < -0.39 is 0 Å². The van der Waals surface area contributed by atoms with E-state index in [1.807, 2.05) is 0 Å². The lowest BCUT2D eigenvalue weighted by Gasteiger charge is -2.31. The highest BCUT2D eigenvalue weighted by Gasteiger charge is 2.21. The Morgan fingerprint density at radius 3 is 2.86 bits per heavy atom. The van der Waals surface area contributed by atoms with E-state index in [1.165, 1.54) is 49.9 Å². The maximum atomic E-state index is 5.59. The number of likely N-dealkylation sites (tertiary alicyclic amines) is 1. The molecule has 0 amide bonds. The molecule has 2 aliphatic rings. The second-order valence-corrected chi connectivity index (χ2v) is 6.78. The fourth-order valence-electron chi connectivity index (χ4n) is 3.26. The first-order valence-corrected chi connectivity index (χ1v) is 8.36. The highest BCUT2D eigenvalue weighted by molar-refractivity contribution is 5.37. The van der Waals surface area contributed by atoms with Crippen LogP contribution in [-0.4, -0.2) is 31.1 Å². The summed E-state index contributed by atoms with van der Waals surface area (Å²) in [5.41, 5.74) is 2.65. The molecule has 0 spiro atoms. The summed E-state index contributed by atoms with van der Waals surface area (Å²) in [4.78, 5) is 2.57. The van der Waals surface area contributed by atoms with Crippen molar-refractivity contribution in [3.8, 4) is 5.75 Å². The van der Waals surface area contributed by atoms with Gasteiger partial charge in [0.25, 0.3) is 0 Å². The summed E-state index contributed by atoms with van der Waals surface area (Å²) in [7, 11) is 1.78. The van der Waals surface area contributed by atoms with Crippen LogP contribution in [0.25, 0.3) is 0 Å². The van der Waals surface area contributed by atoms with Crippen LogP contribution in [0.3, 0.4) is 0 Å². The van der Waals surface area contributed by atoms with Crippen molar-refractivity contribution in [1.29, 1.82) is 0 Å². The van der Waals surface area contributed by atoms with Gasteiger partial charge in [0.1, 0.15) is 5.75 Å². The van der Waals surface area contributed by atoms with Gasteiger partial charge < -0.3 is 10.1 Å². The van der Waals surface area contributed by atoms with Gasteiger partial charge in [-0.2, -0.15) is 0 Å². The van der Waals surface area contributed by atoms with Gasteiger partial charge in [0, 0.05) is 31.2 Å². The Morgan fingerprint density at radius 2 is 2.14 bits per heavy atom. The topological polar surface area (TPSA) is 24.5 Å². The van der Waals surface area contributed by atoms with Gasteiger partial charge in [-0.1, -0.05) is 19.1 Å². The number of hydrogen-bond acceptors (Lipinski definition) is 3. The lowest BCUT2D eigenvalue weighted by Crippen LogP contribution is -2.33. The molecule has 1 aliphatic carbocycles. The molecule has 3 rings (SSSR count). The van der Waals surface area contributed by atoms with Crippen molar-refractivity contribution < 1.29 is 4.74 Å². The maximum absolute atomic E-state index is 5.59. The van der Waals surface area contributed by atoms with Crippen molar-refractivity contribution in [3.63, 3.8) is 0 Å². The smallest absolute Gasteiger partial charge is 0.123 e. The number of nitrogens with zero attached hydrogens (tertiary/aromatic N) is 1.